The van der Waals surface area contributed by atoms with Crippen molar-refractivity contribution < 1.29 is 19.4 Å². The zero-order chi connectivity index (χ0) is 13.6. The standard InChI is InChI=1S/C14H13NO4/c1-7(2)13-9(14(16)17)3-8-4-11-12(19-6-18-11)5-10(8)15-13/h3-5,7H,6H2,1-2H3,(H,16,17). The molecule has 0 fully saturated rings. The van der Waals surface area contributed by atoms with E-state index < -0.39 is 5.97 Å². The average molecular weight is 259 g/mol. The van der Waals surface area contributed by atoms with Crippen LogP contribution in [0.2, 0.25) is 0 Å². The number of carboxylic acids is 1. The quantitative estimate of drug-likeness (QED) is 0.898. The number of ether oxygens (including phenoxy) is 2. The summed E-state index contributed by atoms with van der Waals surface area (Å²) in [5.74, 6) is 0.359. The van der Waals surface area contributed by atoms with Crippen LogP contribution < -0.4 is 9.47 Å². The molecule has 0 aliphatic carbocycles. The monoisotopic (exact) mass is 259 g/mol. The molecule has 19 heavy (non-hydrogen) atoms. The van der Waals surface area contributed by atoms with E-state index in [1.165, 1.54) is 0 Å². The van der Waals surface area contributed by atoms with Crippen LogP contribution in [0.5, 0.6) is 11.5 Å². The van der Waals surface area contributed by atoms with Crippen LogP contribution in [0.4, 0.5) is 0 Å². The number of rotatable bonds is 2. The summed E-state index contributed by atoms with van der Waals surface area (Å²) in [4.78, 5) is 15.8. The predicted octanol–water partition coefficient (Wildman–Crippen LogP) is 2.79. The van der Waals surface area contributed by atoms with Gasteiger partial charge in [0.25, 0.3) is 0 Å². The largest absolute Gasteiger partial charge is 0.478 e. The van der Waals surface area contributed by atoms with E-state index in [2.05, 4.69) is 4.98 Å². The summed E-state index contributed by atoms with van der Waals surface area (Å²) in [5, 5.41) is 10.0. The van der Waals surface area contributed by atoms with Gasteiger partial charge in [-0.3, -0.25) is 4.98 Å². The van der Waals surface area contributed by atoms with E-state index in [1.807, 2.05) is 13.8 Å². The molecule has 2 heterocycles. The van der Waals surface area contributed by atoms with E-state index in [1.54, 1.807) is 18.2 Å². The summed E-state index contributed by atoms with van der Waals surface area (Å²) in [6.07, 6.45) is 0. The van der Waals surface area contributed by atoms with Gasteiger partial charge in [-0.1, -0.05) is 13.8 Å². The van der Waals surface area contributed by atoms with Crippen LogP contribution in [0.15, 0.2) is 18.2 Å². The third-order valence-electron chi connectivity index (χ3n) is 3.12. The Kier molecular flexibility index (Phi) is 2.55. The fraction of sp³-hybridized carbons (Fsp3) is 0.286. The highest BCUT2D eigenvalue weighted by atomic mass is 16.7. The van der Waals surface area contributed by atoms with Crippen molar-refractivity contribution >= 4 is 16.9 Å². The molecule has 0 bridgehead atoms. The lowest BCUT2D eigenvalue weighted by molar-refractivity contribution is 0.0695. The highest BCUT2D eigenvalue weighted by Crippen LogP contribution is 2.36. The number of hydrogen-bond acceptors (Lipinski definition) is 4. The highest BCUT2D eigenvalue weighted by molar-refractivity contribution is 5.95. The second-order valence-electron chi connectivity index (χ2n) is 4.78. The molecule has 0 radical (unpaired) electrons. The number of benzene rings is 1. The van der Waals surface area contributed by atoms with Crippen LogP contribution in [-0.4, -0.2) is 22.9 Å². The summed E-state index contributed by atoms with van der Waals surface area (Å²) in [5.41, 5.74) is 1.54. The van der Waals surface area contributed by atoms with E-state index in [4.69, 9.17) is 9.47 Å². The Labute approximate surface area is 109 Å². The molecular formula is C14H13NO4. The molecular weight excluding hydrogens is 246 g/mol. The molecule has 3 rings (SSSR count). The summed E-state index contributed by atoms with van der Waals surface area (Å²) >= 11 is 0. The zero-order valence-electron chi connectivity index (χ0n) is 10.6. The van der Waals surface area contributed by atoms with Crippen LogP contribution in [0, 0.1) is 0 Å². The van der Waals surface area contributed by atoms with E-state index in [9.17, 15) is 9.90 Å². The lowest BCUT2D eigenvalue weighted by Crippen LogP contribution is -2.06. The zero-order valence-corrected chi connectivity index (χ0v) is 10.6. The minimum atomic E-state index is -0.962. The summed E-state index contributed by atoms with van der Waals surface area (Å²) in [6.45, 7) is 4.04. The van der Waals surface area contributed by atoms with Crippen molar-refractivity contribution in [2.24, 2.45) is 0 Å². The van der Waals surface area contributed by atoms with Gasteiger partial charge in [-0.25, -0.2) is 4.79 Å². The number of carbonyl (C=O) groups is 1. The Morgan fingerprint density at radius 1 is 1.26 bits per heavy atom. The van der Waals surface area contributed by atoms with Crippen molar-refractivity contribution in [2.45, 2.75) is 19.8 Å². The normalized spacial score (nSPS) is 13.2. The van der Waals surface area contributed by atoms with Crippen molar-refractivity contribution in [1.82, 2.24) is 4.98 Å². The minimum absolute atomic E-state index is 0.0425. The van der Waals surface area contributed by atoms with Gasteiger partial charge in [-0.15, -0.1) is 0 Å². The Morgan fingerprint density at radius 3 is 2.58 bits per heavy atom. The second kappa shape index (κ2) is 4.12. The molecule has 1 aliphatic heterocycles. The number of carboxylic acid groups (broad SMARTS) is 1. The van der Waals surface area contributed by atoms with Gasteiger partial charge < -0.3 is 14.6 Å². The molecule has 98 valence electrons. The number of fused-ring (bicyclic) bond motifs is 2. The number of aromatic carboxylic acids is 1. The lowest BCUT2D eigenvalue weighted by Gasteiger charge is -2.10. The van der Waals surface area contributed by atoms with Crippen LogP contribution in [0.1, 0.15) is 35.8 Å². The Balaban J connectivity index is 2.28. The minimum Gasteiger partial charge on any atom is -0.478 e. The third kappa shape index (κ3) is 1.87. The molecule has 1 aromatic heterocycles. The molecule has 0 unspecified atom stereocenters. The Hall–Kier alpha value is -2.30. The smallest absolute Gasteiger partial charge is 0.337 e. The van der Waals surface area contributed by atoms with E-state index in [0.717, 1.165) is 10.9 Å². The summed E-state index contributed by atoms with van der Waals surface area (Å²) < 4.78 is 10.6. The van der Waals surface area contributed by atoms with Crippen LogP contribution >= 0.6 is 0 Å². The first-order chi connectivity index (χ1) is 9.06. The fourth-order valence-corrected chi connectivity index (χ4v) is 2.19. The molecule has 0 atom stereocenters. The topological polar surface area (TPSA) is 68.7 Å². The molecule has 1 aliphatic rings. The Bertz CT molecular complexity index is 679. The highest BCUT2D eigenvalue weighted by Gasteiger charge is 2.19. The van der Waals surface area contributed by atoms with E-state index in [-0.39, 0.29) is 18.3 Å². The van der Waals surface area contributed by atoms with Gasteiger partial charge in [0.2, 0.25) is 6.79 Å². The molecule has 5 heteroatoms. The van der Waals surface area contributed by atoms with Gasteiger partial charge in [0.05, 0.1) is 16.8 Å². The number of hydrogen-bond donors (Lipinski definition) is 1. The van der Waals surface area contributed by atoms with Crippen molar-refractivity contribution in [3.05, 3.63) is 29.5 Å². The first kappa shape index (κ1) is 11.8. The first-order valence-corrected chi connectivity index (χ1v) is 6.04. The summed E-state index contributed by atoms with van der Waals surface area (Å²) in [7, 11) is 0. The van der Waals surface area contributed by atoms with Crippen LogP contribution in [-0.2, 0) is 0 Å². The van der Waals surface area contributed by atoms with Gasteiger partial charge in [0, 0.05) is 11.5 Å². The molecule has 1 N–H and O–H groups in total. The molecule has 0 spiro atoms. The molecule has 2 aromatic rings. The SMILES string of the molecule is CC(C)c1nc2cc3c(cc2cc1C(=O)O)OCO3. The predicted molar refractivity (Wildman–Crippen MR) is 68.9 cm³/mol. The van der Waals surface area contributed by atoms with Gasteiger partial charge in [-0.05, 0) is 18.1 Å². The fourth-order valence-electron chi connectivity index (χ4n) is 2.19. The van der Waals surface area contributed by atoms with Gasteiger partial charge >= 0.3 is 5.97 Å². The Morgan fingerprint density at radius 2 is 1.95 bits per heavy atom. The van der Waals surface area contributed by atoms with Gasteiger partial charge in [0.1, 0.15) is 0 Å². The summed E-state index contributed by atoms with van der Waals surface area (Å²) in [6, 6.07) is 5.19. The molecule has 5 nitrogen and oxygen atoms in total. The maximum Gasteiger partial charge on any atom is 0.337 e. The maximum absolute atomic E-state index is 11.3. The second-order valence-corrected chi connectivity index (χ2v) is 4.78. The number of pyridine rings is 1. The molecule has 0 saturated heterocycles. The van der Waals surface area contributed by atoms with E-state index >= 15 is 0 Å². The van der Waals surface area contributed by atoms with Crippen molar-refractivity contribution in [3.8, 4) is 11.5 Å². The van der Waals surface area contributed by atoms with Crippen molar-refractivity contribution in [3.63, 3.8) is 0 Å². The van der Waals surface area contributed by atoms with Crippen molar-refractivity contribution in [2.75, 3.05) is 6.79 Å². The van der Waals surface area contributed by atoms with Crippen LogP contribution in [0.25, 0.3) is 10.9 Å². The average Bonchev–Trinajstić information content (AvgIpc) is 2.81. The van der Waals surface area contributed by atoms with Crippen molar-refractivity contribution in [1.29, 1.82) is 0 Å². The van der Waals surface area contributed by atoms with Gasteiger partial charge in [-0.2, -0.15) is 0 Å². The number of nitrogens with zero attached hydrogens (tertiary/aromatic N) is 1. The maximum atomic E-state index is 11.3. The van der Waals surface area contributed by atoms with E-state index in [0.29, 0.717) is 17.2 Å². The van der Waals surface area contributed by atoms with Crippen LogP contribution in [0.3, 0.4) is 0 Å². The lowest BCUT2D eigenvalue weighted by atomic mass is 10.0. The van der Waals surface area contributed by atoms with Gasteiger partial charge in [0.15, 0.2) is 11.5 Å². The third-order valence-corrected chi connectivity index (χ3v) is 3.12. The molecule has 1 aromatic carbocycles. The molecule has 0 saturated carbocycles. The number of aromatic nitrogens is 1. The first-order valence-electron chi connectivity index (χ1n) is 6.04. The molecule has 0 amide bonds.